The molecule has 0 spiro atoms. The van der Waals surface area contributed by atoms with E-state index in [9.17, 15) is 0 Å². The lowest BCUT2D eigenvalue weighted by Crippen LogP contribution is -2.05. The molecule has 0 unspecified atom stereocenters. The van der Waals surface area contributed by atoms with E-state index in [2.05, 4.69) is 34.4 Å². The molecule has 114 valence electrons. The largest absolute Gasteiger partial charge is 0.374 e. The van der Waals surface area contributed by atoms with Crippen LogP contribution in [0.25, 0.3) is 5.69 Å². The van der Waals surface area contributed by atoms with Gasteiger partial charge in [0.05, 0.1) is 17.9 Å². The molecule has 6 nitrogen and oxygen atoms in total. The summed E-state index contributed by atoms with van der Waals surface area (Å²) in [5.74, 6) is 1.86. The lowest BCUT2D eigenvalue weighted by Gasteiger charge is -2.10. The minimum atomic E-state index is 0.489. The van der Waals surface area contributed by atoms with E-state index in [1.165, 1.54) is 0 Å². The Morgan fingerprint density at radius 1 is 1.23 bits per heavy atom. The predicted octanol–water partition coefficient (Wildman–Crippen LogP) is 3.07. The highest BCUT2D eigenvalue weighted by atomic mass is 16.5. The van der Waals surface area contributed by atoms with Crippen LogP contribution in [0, 0.1) is 5.92 Å². The highest BCUT2D eigenvalue weighted by molar-refractivity contribution is 5.60. The molecule has 0 bridgehead atoms. The second-order valence-electron chi connectivity index (χ2n) is 5.52. The topological polar surface area (TPSA) is 68.8 Å². The third-order valence-electron chi connectivity index (χ3n) is 3.19. The van der Waals surface area contributed by atoms with Gasteiger partial charge in [-0.25, -0.2) is 4.68 Å². The summed E-state index contributed by atoms with van der Waals surface area (Å²) in [7, 11) is 0. The summed E-state index contributed by atoms with van der Waals surface area (Å²) >= 11 is 0. The van der Waals surface area contributed by atoms with Crippen LogP contribution < -0.4 is 5.32 Å². The maximum Gasteiger partial charge on any atom is 0.245 e. The normalized spacial score (nSPS) is 11.0. The summed E-state index contributed by atoms with van der Waals surface area (Å²) in [6, 6.07) is 9.87. The highest BCUT2D eigenvalue weighted by Crippen LogP contribution is 2.19. The van der Waals surface area contributed by atoms with Crippen molar-refractivity contribution in [1.82, 2.24) is 19.9 Å². The minimum Gasteiger partial charge on any atom is -0.374 e. The average molecular weight is 297 g/mol. The molecule has 2 aromatic heterocycles. The van der Waals surface area contributed by atoms with Gasteiger partial charge in [-0.3, -0.25) is 0 Å². The number of nitrogens with one attached hydrogen (secondary N) is 1. The van der Waals surface area contributed by atoms with Crippen molar-refractivity contribution in [2.75, 3.05) is 5.32 Å². The predicted molar refractivity (Wildman–Crippen MR) is 83.7 cm³/mol. The molecule has 1 aromatic carbocycles. The molecule has 0 amide bonds. The molecule has 0 saturated carbocycles. The van der Waals surface area contributed by atoms with Crippen LogP contribution in [0.3, 0.4) is 0 Å². The van der Waals surface area contributed by atoms with Gasteiger partial charge in [-0.05, 0) is 24.1 Å². The first kappa shape index (κ1) is 14.3. The maximum absolute atomic E-state index is 5.27. The van der Waals surface area contributed by atoms with Crippen LogP contribution in [0.4, 0.5) is 5.69 Å². The van der Waals surface area contributed by atoms with Crippen LogP contribution in [0.2, 0.25) is 0 Å². The fourth-order valence-corrected chi connectivity index (χ4v) is 2.22. The Labute approximate surface area is 129 Å². The molecule has 0 saturated heterocycles. The summed E-state index contributed by atoms with van der Waals surface area (Å²) < 4.78 is 7.09. The van der Waals surface area contributed by atoms with Crippen LogP contribution in [-0.2, 0) is 13.0 Å². The van der Waals surface area contributed by atoms with Gasteiger partial charge in [-0.15, -0.1) is 0 Å². The Morgan fingerprint density at radius 2 is 2.09 bits per heavy atom. The Kier molecular flexibility index (Phi) is 4.18. The molecule has 0 fully saturated rings. The zero-order valence-corrected chi connectivity index (χ0v) is 12.7. The highest BCUT2D eigenvalue weighted by Gasteiger charge is 2.09. The smallest absolute Gasteiger partial charge is 0.245 e. The molecule has 0 radical (unpaired) electrons. The first-order valence-corrected chi connectivity index (χ1v) is 7.37. The van der Waals surface area contributed by atoms with Gasteiger partial charge in [-0.2, -0.15) is 10.1 Å². The molecule has 0 aliphatic carbocycles. The van der Waals surface area contributed by atoms with Crippen LogP contribution in [0.5, 0.6) is 0 Å². The summed E-state index contributed by atoms with van der Waals surface area (Å²) in [6.45, 7) is 4.76. The number of anilines is 1. The molecule has 3 rings (SSSR count). The zero-order chi connectivity index (χ0) is 15.4. The quantitative estimate of drug-likeness (QED) is 0.757. The third kappa shape index (κ3) is 3.33. The molecule has 3 aromatic rings. The maximum atomic E-state index is 5.27. The molecular formula is C16H19N5O. The Balaban J connectivity index is 1.71. The monoisotopic (exact) mass is 297 g/mol. The van der Waals surface area contributed by atoms with Crippen LogP contribution in [0.1, 0.15) is 25.6 Å². The number of aromatic nitrogens is 4. The number of hydrogen-bond donors (Lipinski definition) is 1. The Bertz CT molecular complexity index is 718. The van der Waals surface area contributed by atoms with Crippen molar-refractivity contribution in [3.05, 3.63) is 54.4 Å². The van der Waals surface area contributed by atoms with Crippen molar-refractivity contribution in [3.63, 3.8) is 0 Å². The van der Waals surface area contributed by atoms with Crippen LogP contribution in [-0.4, -0.2) is 19.9 Å². The van der Waals surface area contributed by atoms with Crippen molar-refractivity contribution >= 4 is 5.69 Å². The molecule has 2 heterocycles. The van der Waals surface area contributed by atoms with Gasteiger partial charge in [0.2, 0.25) is 5.89 Å². The number of benzene rings is 1. The Morgan fingerprint density at radius 3 is 2.86 bits per heavy atom. The van der Waals surface area contributed by atoms with E-state index >= 15 is 0 Å². The SMILES string of the molecule is CC(C)Cc1noc(CNc2ccccc2-n2cccn2)n1. The van der Waals surface area contributed by atoms with Gasteiger partial charge < -0.3 is 9.84 Å². The van der Waals surface area contributed by atoms with Crippen LogP contribution in [0.15, 0.2) is 47.2 Å². The molecule has 0 atom stereocenters. The van der Waals surface area contributed by atoms with Gasteiger partial charge in [0.25, 0.3) is 0 Å². The van der Waals surface area contributed by atoms with E-state index in [1.54, 1.807) is 6.20 Å². The van der Waals surface area contributed by atoms with Gasteiger partial charge in [0, 0.05) is 18.8 Å². The summed E-state index contributed by atoms with van der Waals surface area (Å²) in [4.78, 5) is 4.40. The van der Waals surface area contributed by atoms with Crippen molar-refractivity contribution in [2.45, 2.75) is 26.8 Å². The average Bonchev–Trinajstić information content (AvgIpc) is 3.16. The number of para-hydroxylation sites is 2. The van der Waals surface area contributed by atoms with Crippen LogP contribution >= 0.6 is 0 Å². The lowest BCUT2D eigenvalue weighted by atomic mass is 10.1. The van der Waals surface area contributed by atoms with E-state index < -0.39 is 0 Å². The number of hydrogen-bond acceptors (Lipinski definition) is 5. The molecule has 22 heavy (non-hydrogen) atoms. The van der Waals surface area contributed by atoms with Crippen molar-refractivity contribution < 1.29 is 4.52 Å². The van der Waals surface area contributed by atoms with E-state index in [-0.39, 0.29) is 0 Å². The molecular weight excluding hydrogens is 278 g/mol. The third-order valence-corrected chi connectivity index (χ3v) is 3.19. The summed E-state index contributed by atoms with van der Waals surface area (Å²) in [5.41, 5.74) is 1.95. The number of nitrogens with zero attached hydrogens (tertiary/aromatic N) is 4. The first-order valence-electron chi connectivity index (χ1n) is 7.37. The fourth-order valence-electron chi connectivity index (χ4n) is 2.22. The zero-order valence-electron chi connectivity index (χ0n) is 12.7. The Hall–Kier alpha value is -2.63. The second-order valence-corrected chi connectivity index (χ2v) is 5.52. The fraction of sp³-hybridized carbons (Fsp3) is 0.312. The van der Waals surface area contributed by atoms with Crippen molar-refractivity contribution in [2.24, 2.45) is 5.92 Å². The van der Waals surface area contributed by atoms with Gasteiger partial charge in [-0.1, -0.05) is 31.1 Å². The molecule has 6 heteroatoms. The van der Waals surface area contributed by atoms with Crippen molar-refractivity contribution in [3.8, 4) is 5.69 Å². The first-order chi connectivity index (χ1) is 10.7. The number of rotatable bonds is 6. The minimum absolute atomic E-state index is 0.489. The van der Waals surface area contributed by atoms with E-state index in [4.69, 9.17) is 4.52 Å². The summed E-state index contributed by atoms with van der Waals surface area (Å²) in [5, 5.41) is 11.6. The van der Waals surface area contributed by atoms with E-state index in [1.807, 2.05) is 41.2 Å². The summed E-state index contributed by atoms with van der Waals surface area (Å²) in [6.07, 6.45) is 4.49. The lowest BCUT2D eigenvalue weighted by molar-refractivity contribution is 0.375. The standard InChI is InChI=1S/C16H19N5O/c1-12(2)10-15-19-16(22-20-15)11-17-13-6-3-4-7-14(13)21-9-5-8-18-21/h3-9,12,17H,10-11H2,1-2H3. The second kappa shape index (κ2) is 6.43. The van der Waals surface area contributed by atoms with E-state index in [0.717, 1.165) is 23.6 Å². The molecule has 1 N–H and O–H groups in total. The van der Waals surface area contributed by atoms with Gasteiger partial charge in [0.15, 0.2) is 5.82 Å². The van der Waals surface area contributed by atoms with Crippen molar-refractivity contribution in [1.29, 1.82) is 0 Å². The molecule has 0 aliphatic rings. The van der Waals surface area contributed by atoms with Gasteiger partial charge in [0.1, 0.15) is 0 Å². The molecule has 0 aliphatic heterocycles. The van der Waals surface area contributed by atoms with Gasteiger partial charge >= 0.3 is 0 Å². The van der Waals surface area contributed by atoms with E-state index in [0.29, 0.717) is 18.4 Å².